The van der Waals surface area contributed by atoms with E-state index in [0.717, 1.165) is 21.2 Å². The van der Waals surface area contributed by atoms with Crippen LogP contribution in [0.25, 0.3) is 0 Å². The van der Waals surface area contributed by atoms with Crippen LogP contribution in [0.1, 0.15) is 22.1 Å². The van der Waals surface area contributed by atoms with E-state index in [0.29, 0.717) is 16.5 Å². The molecule has 0 aliphatic heterocycles. The average Bonchev–Trinajstić information content (AvgIpc) is 2.49. The van der Waals surface area contributed by atoms with Gasteiger partial charge < -0.3 is 9.47 Å². The van der Waals surface area contributed by atoms with Crippen LogP contribution in [0, 0.1) is 6.92 Å². The van der Waals surface area contributed by atoms with Gasteiger partial charge in [0.1, 0.15) is 16.5 Å². The fourth-order valence-electron chi connectivity index (χ4n) is 2.06. The Morgan fingerprint density at radius 1 is 1.10 bits per heavy atom. The summed E-state index contributed by atoms with van der Waals surface area (Å²) in [6.45, 7) is 2.03. The smallest absolute Gasteiger partial charge is 0.146 e. The van der Waals surface area contributed by atoms with Crippen LogP contribution in [0.5, 0.6) is 11.5 Å². The Hall–Kier alpha value is -0.900. The molecule has 0 spiro atoms. The van der Waals surface area contributed by atoms with Gasteiger partial charge in [-0.1, -0.05) is 39.7 Å². The normalized spacial score (nSPS) is 12.1. The molecule has 0 fully saturated rings. The number of alkyl halides is 1. The summed E-state index contributed by atoms with van der Waals surface area (Å²) >= 11 is 16.4. The van der Waals surface area contributed by atoms with E-state index in [4.69, 9.17) is 32.7 Å². The lowest BCUT2D eigenvalue weighted by atomic mass is 10.0. The molecule has 2 aromatic carbocycles. The average molecular weight is 390 g/mol. The Kier molecular flexibility index (Phi) is 5.42. The van der Waals surface area contributed by atoms with Crippen LogP contribution < -0.4 is 9.47 Å². The van der Waals surface area contributed by atoms with Gasteiger partial charge in [0.2, 0.25) is 0 Å². The summed E-state index contributed by atoms with van der Waals surface area (Å²) in [5.74, 6) is 1.10. The lowest BCUT2D eigenvalue weighted by Gasteiger charge is -2.17. The molecule has 0 heterocycles. The van der Waals surface area contributed by atoms with Crippen molar-refractivity contribution >= 4 is 39.1 Å². The zero-order valence-electron chi connectivity index (χ0n) is 11.9. The maximum Gasteiger partial charge on any atom is 0.146 e. The van der Waals surface area contributed by atoms with Crippen LogP contribution in [0.3, 0.4) is 0 Å². The van der Waals surface area contributed by atoms with Crippen molar-refractivity contribution in [3.05, 3.63) is 56.5 Å². The van der Waals surface area contributed by atoms with Gasteiger partial charge in [-0.2, -0.15) is 0 Å². The van der Waals surface area contributed by atoms with Gasteiger partial charge >= 0.3 is 0 Å². The summed E-state index contributed by atoms with van der Waals surface area (Å²) in [5.41, 5.74) is 2.93. The van der Waals surface area contributed by atoms with Crippen molar-refractivity contribution in [3.63, 3.8) is 0 Å². The summed E-state index contributed by atoms with van der Waals surface area (Å²) in [4.78, 5) is 0. The lowest BCUT2D eigenvalue weighted by molar-refractivity contribution is 0.392. The summed E-state index contributed by atoms with van der Waals surface area (Å²) in [7, 11) is 3.13. The minimum Gasteiger partial charge on any atom is -0.495 e. The van der Waals surface area contributed by atoms with E-state index < -0.39 is 0 Å². The molecular formula is C16H15BrCl2O2. The number of methoxy groups -OCH3 is 2. The zero-order valence-corrected chi connectivity index (χ0v) is 15.0. The van der Waals surface area contributed by atoms with E-state index >= 15 is 0 Å². The Balaban J connectivity index is 2.50. The van der Waals surface area contributed by atoms with Gasteiger partial charge in [-0.15, -0.1) is 11.6 Å². The molecule has 0 aromatic heterocycles. The maximum atomic E-state index is 6.61. The summed E-state index contributed by atoms with van der Waals surface area (Å²) in [5, 5.41) is 0.0644. The summed E-state index contributed by atoms with van der Waals surface area (Å²) in [6.07, 6.45) is 0. The first kappa shape index (κ1) is 16.5. The Bertz CT molecular complexity index is 659. The predicted octanol–water partition coefficient (Wildman–Crippen LogP) is 5.76. The van der Waals surface area contributed by atoms with Crippen LogP contribution in [-0.2, 0) is 0 Å². The molecule has 0 N–H and O–H groups in total. The van der Waals surface area contributed by atoms with E-state index in [9.17, 15) is 0 Å². The minimum atomic E-state index is -0.361. The molecule has 112 valence electrons. The number of rotatable bonds is 4. The van der Waals surface area contributed by atoms with Crippen LogP contribution in [0.2, 0.25) is 5.02 Å². The van der Waals surface area contributed by atoms with Crippen molar-refractivity contribution in [2.45, 2.75) is 12.3 Å². The number of ether oxygens (including phenoxy) is 2. The molecule has 2 rings (SSSR count). The van der Waals surface area contributed by atoms with Crippen molar-refractivity contribution in [2.24, 2.45) is 0 Å². The monoisotopic (exact) mass is 388 g/mol. The zero-order chi connectivity index (χ0) is 15.6. The number of halogens is 3. The first-order valence-electron chi connectivity index (χ1n) is 6.30. The van der Waals surface area contributed by atoms with E-state index in [1.165, 1.54) is 0 Å². The second kappa shape index (κ2) is 6.91. The molecule has 0 aliphatic rings. The molecule has 0 saturated carbocycles. The maximum absolute atomic E-state index is 6.61. The molecule has 2 aromatic rings. The molecule has 0 radical (unpaired) electrons. The molecule has 0 aliphatic carbocycles. The molecule has 0 amide bonds. The Morgan fingerprint density at radius 2 is 1.81 bits per heavy atom. The van der Waals surface area contributed by atoms with Gasteiger partial charge in [0, 0.05) is 10.0 Å². The third-order valence-corrected chi connectivity index (χ3v) is 4.98. The predicted molar refractivity (Wildman–Crippen MR) is 91.1 cm³/mol. The highest BCUT2D eigenvalue weighted by Gasteiger charge is 2.20. The van der Waals surface area contributed by atoms with E-state index in [1.807, 2.05) is 31.2 Å². The third-order valence-electron chi connectivity index (χ3n) is 3.28. The second-order valence-electron chi connectivity index (χ2n) is 4.58. The number of aryl methyl sites for hydroxylation is 1. The highest BCUT2D eigenvalue weighted by atomic mass is 79.9. The lowest BCUT2D eigenvalue weighted by Crippen LogP contribution is -2.00. The fourth-order valence-corrected chi connectivity index (χ4v) is 3.09. The van der Waals surface area contributed by atoms with Crippen LogP contribution in [0.15, 0.2) is 34.8 Å². The highest BCUT2D eigenvalue weighted by Crippen LogP contribution is 2.43. The minimum absolute atomic E-state index is 0.361. The SMILES string of the molecule is COc1ccc(C(Cl)c2ccc(C)c(Br)c2)c(OC)c1Cl. The molecule has 1 atom stereocenters. The van der Waals surface area contributed by atoms with E-state index in [-0.39, 0.29) is 5.38 Å². The molecule has 21 heavy (non-hydrogen) atoms. The van der Waals surface area contributed by atoms with Crippen molar-refractivity contribution in [1.82, 2.24) is 0 Å². The summed E-state index contributed by atoms with van der Waals surface area (Å²) in [6, 6.07) is 9.68. The largest absolute Gasteiger partial charge is 0.495 e. The molecule has 1 unspecified atom stereocenters. The quantitative estimate of drug-likeness (QED) is 0.619. The van der Waals surface area contributed by atoms with E-state index in [1.54, 1.807) is 20.3 Å². The number of benzene rings is 2. The van der Waals surface area contributed by atoms with Crippen molar-refractivity contribution in [3.8, 4) is 11.5 Å². The molecule has 2 nitrogen and oxygen atoms in total. The van der Waals surface area contributed by atoms with Gasteiger partial charge in [0.15, 0.2) is 0 Å². The van der Waals surface area contributed by atoms with Crippen LogP contribution in [-0.4, -0.2) is 14.2 Å². The molecule has 5 heteroatoms. The standard InChI is InChI=1S/C16H15BrCl2O2/c1-9-4-5-10(8-12(9)17)14(18)11-6-7-13(20-2)15(19)16(11)21-3/h4-8,14H,1-3H3. The third kappa shape index (κ3) is 3.31. The van der Waals surface area contributed by atoms with Gasteiger partial charge in [-0.3, -0.25) is 0 Å². The van der Waals surface area contributed by atoms with Crippen molar-refractivity contribution in [1.29, 1.82) is 0 Å². The van der Waals surface area contributed by atoms with Crippen LogP contribution in [0.4, 0.5) is 0 Å². The van der Waals surface area contributed by atoms with Gasteiger partial charge in [-0.05, 0) is 36.2 Å². The Morgan fingerprint density at radius 3 is 2.38 bits per heavy atom. The Labute approximate surface area is 143 Å². The first-order chi connectivity index (χ1) is 9.99. The first-order valence-corrected chi connectivity index (χ1v) is 7.90. The van der Waals surface area contributed by atoms with Gasteiger partial charge in [-0.25, -0.2) is 0 Å². The van der Waals surface area contributed by atoms with Crippen molar-refractivity contribution in [2.75, 3.05) is 14.2 Å². The highest BCUT2D eigenvalue weighted by molar-refractivity contribution is 9.10. The van der Waals surface area contributed by atoms with Crippen LogP contribution >= 0.6 is 39.1 Å². The topological polar surface area (TPSA) is 18.5 Å². The second-order valence-corrected chi connectivity index (χ2v) is 6.24. The summed E-state index contributed by atoms with van der Waals surface area (Å²) < 4.78 is 11.6. The van der Waals surface area contributed by atoms with Gasteiger partial charge in [0.05, 0.1) is 19.6 Å². The number of hydrogen-bond acceptors (Lipinski definition) is 2. The van der Waals surface area contributed by atoms with E-state index in [2.05, 4.69) is 15.9 Å². The van der Waals surface area contributed by atoms with Gasteiger partial charge in [0.25, 0.3) is 0 Å². The number of hydrogen-bond donors (Lipinski definition) is 0. The molecule has 0 bridgehead atoms. The molecular weight excluding hydrogens is 375 g/mol. The fraction of sp³-hybridized carbons (Fsp3) is 0.250. The molecule has 0 saturated heterocycles. The van der Waals surface area contributed by atoms with Crippen molar-refractivity contribution < 1.29 is 9.47 Å².